The van der Waals surface area contributed by atoms with Crippen molar-refractivity contribution in [2.45, 2.75) is 31.6 Å². The molecular weight excluding hydrogens is 204 g/mol. The molecule has 1 aliphatic rings. The molecule has 1 aromatic carbocycles. The third-order valence-corrected chi connectivity index (χ3v) is 3.73. The van der Waals surface area contributed by atoms with Crippen LogP contribution in [0.3, 0.4) is 0 Å². The van der Waals surface area contributed by atoms with Gasteiger partial charge < -0.3 is 0 Å². The average molecular weight is 220 g/mol. The minimum Gasteiger partial charge on any atom is -0.293 e. The van der Waals surface area contributed by atoms with Crippen LogP contribution in [0.5, 0.6) is 0 Å². The summed E-state index contributed by atoms with van der Waals surface area (Å²) in [6.45, 7) is 4.41. The van der Waals surface area contributed by atoms with Crippen molar-refractivity contribution in [2.75, 3.05) is 0 Å². The van der Waals surface area contributed by atoms with Crippen molar-refractivity contribution in [1.29, 1.82) is 0 Å². The molecule has 0 aliphatic carbocycles. The lowest BCUT2D eigenvalue weighted by atomic mass is 10.2. The Bertz CT molecular complexity index is 361. The van der Waals surface area contributed by atoms with Gasteiger partial charge in [-0.1, -0.05) is 55.4 Å². The van der Waals surface area contributed by atoms with Gasteiger partial charge in [0.15, 0.2) is 0 Å². The molecule has 2 rings (SSSR count). The van der Waals surface area contributed by atoms with Crippen LogP contribution in [0.25, 0.3) is 0 Å². The lowest BCUT2D eigenvalue weighted by Crippen LogP contribution is -2.31. The summed E-state index contributed by atoms with van der Waals surface area (Å²) in [5.41, 5.74) is 4.44. The van der Waals surface area contributed by atoms with Crippen LogP contribution in [-0.4, -0.2) is 9.91 Å². The molecule has 0 amide bonds. The van der Waals surface area contributed by atoms with E-state index in [2.05, 4.69) is 36.5 Å². The van der Waals surface area contributed by atoms with Gasteiger partial charge in [0.05, 0.1) is 0 Å². The Balaban J connectivity index is 2.10. The van der Waals surface area contributed by atoms with Crippen molar-refractivity contribution in [3.8, 4) is 0 Å². The highest BCUT2D eigenvalue weighted by molar-refractivity contribution is 8.15. The van der Waals surface area contributed by atoms with E-state index in [1.807, 2.05) is 30.0 Å². The first-order valence-electron chi connectivity index (χ1n) is 5.33. The number of benzene rings is 1. The van der Waals surface area contributed by atoms with Gasteiger partial charge in [0.1, 0.15) is 9.91 Å². The Morgan fingerprint density at radius 1 is 1.33 bits per heavy atom. The number of hydrogen-bond donors (Lipinski definition) is 1. The molecule has 1 N–H and O–H groups in total. The van der Waals surface area contributed by atoms with Gasteiger partial charge in [-0.2, -0.15) is 5.10 Å². The maximum absolute atomic E-state index is 4.41. The molecule has 0 saturated carbocycles. The monoisotopic (exact) mass is 220 g/mol. The Kier molecular flexibility index (Phi) is 3.00. The second-order valence-corrected chi connectivity index (χ2v) is 5.47. The van der Waals surface area contributed by atoms with E-state index in [1.165, 1.54) is 12.0 Å². The fourth-order valence-corrected chi connectivity index (χ4v) is 2.89. The summed E-state index contributed by atoms with van der Waals surface area (Å²) in [6, 6.07) is 10.3. The molecule has 80 valence electrons. The molecule has 0 saturated heterocycles. The molecule has 0 radical (unpaired) electrons. The van der Waals surface area contributed by atoms with E-state index in [4.69, 9.17) is 0 Å². The molecule has 1 heterocycles. The minimum absolute atomic E-state index is 0.0833. The number of hydrazone groups is 1. The lowest BCUT2D eigenvalue weighted by Gasteiger charge is -2.21. The Morgan fingerprint density at radius 2 is 2.07 bits per heavy atom. The van der Waals surface area contributed by atoms with E-state index < -0.39 is 0 Å². The molecule has 1 aliphatic heterocycles. The van der Waals surface area contributed by atoms with Crippen LogP contribution in [0.1, 0.15) is 32.3 Å². The number of nitrogens with one attached hydrogen (secondary N) is 1. The first-order chi connectivity index (χ1) is 7.23. The predicted molar refractivity (Wildman–Crippen MR) is 67.0 cm³/mol. The first-order valence-corrected chi connectivity index (χ1v) is 6.14. The highest BCUT2D eigenvalue weighted by Gasteiger charge is 2.31. The Labute approximate surface area is 95.2 Å². The topological polar surface area (TPSA) is 24.4 Å². The molecule has 3 heteroatoms. The van der Waals surface area contributed by atoms with E-state index in [1.54, 1.807) is 0 Å². The molecule has 2 nitrogen and oxygen atoms in total. The second kappa shape index (κ2) is 4.27. The van der Waals surface area contributed by atoms with Crippen LogP contribution in [0.15, 0.2) is 35.4 Å². The van der Waals surface area contributed by atoms with Crippen LogP contribution in [0.4, 0.5) is 0 Å². The van der Waals surface area contributed by atoms with Crippen molar-refractivity contribution in [1.82, 2.24) is 5.43 Å². The number of thioether (sulfide) groups is 1. The molecule has 0 spiro atoms. The van der Waals surface area contributed by atoms with Gasteiger partial charge in [0.25, 0.3) is 0 Å². The SMILES string of the molecule is CCCC1(C)NN=C(c2ccccc2)S1. The fraction of sp³-hybridized carbons (Fsp3) is 0.417. The van der Waals surface area contributed by atoms with E-state index in [-0.39, 0.29) is 4.87 Å². The third-order valence-electron chi connectivity index (χ3n) is 2.46. The fourth-order valence-electron chi connectivity index (χ4n) is 1.72. The van der Waals surface area contributed by atoms with Crippen molar-refractivity contribution in [3.05, 3.63) is 35.9 Å². The first kappa shape index (κ1) is 10.6. The maximum atomic E-state index is 4.41. The van der Waals surface area contributed by atoms with Crippen molar-refractivity contribution < 1.29 is 0 Å². The Morgan fingerprint density at radius 3 is 2.73 bits per heavy atom. The van der Waals surface area contributed by atoms with Crippen LogP contribution in [-0.2, 0) is 0 Å². The zero-order valence-electron chi connectivity index (χ0n) is 9.16. The predicted octanol–water partition coefficient (Wildman–Crippen LogP) is 3.20. The standard InChI is InChI=1S/C12H16N2S/c1-3-9-12(2)14-13-11(15-12)10-7-5-4-6-8-10/h4-8,14H,3,9H2,1-2H3. The van der Waals surface area contributed by atoms with Crippen LogP contribution >= 0.6 is 11.8 Å². The Hall–Kier alpha value is -0.960. The van der Waals surface area contributed by atoms with Crippen molar-refractivity contribution in [3.63, 3.8) is 0 Å². The summed E-state index contributed by atoms with van der Waals surface area (Å²) in [4.78, 5) is 0.0833. The van der Waals surface area contributed by atoms with Gasteiger partial charge in [-0.25, -0.2) is 0 Å². The van der Waals surface area contributed by atoms with Gasteiger partial charge in [-0.05, 0) is 13.3 Å². The van der Waals surface area contributed by atoms with Gasteiger partial charge in [0.2, 0.25) is 0 Å². The zero-order chi connectivity index (χ0) is 10.7. The summed E-state index contributed by atoms with van der Waals surface area (Å²) in [5, 5.41) is 5.51. The molecule has 15 heavy (non-hydrogen) atoms. The van der Waals surface area contributed by atoms with E-state index in [0.29, 0.717) is 0 Å². The second-order valence-electron chi connectivity index (χ2n) is 3.98. The van der Waals surface area contributed by atoms with Crippen molar-refractivity contribution in [2.24, 2.45) is 5.10 Å². The third kappa shape index (κ3) is 2.34. The van der Waals surface area contributed by atoms with Gasteiger partial charge >= 0.3 is 0 Å². The normalized spacial score (nSPS) is 24.8. The van der Waals surface area contributed by atoms with Crippen LogP contribution < -0.4 is 5.43 Å². The molecule has 0 aromatic heterocycles. The summed E-state index contributed by atoms with van der Waals surface area (Å²) >= 11 is 1.83. The molecule has 0 bridgehead atoms. The lowest BCUT2D eigenvalue weighted by molar-refractivity contribution is 0.491. The largest absolute Gasteiger partial charge is 0.293 e. The smallest absolute Gasteiger partial charge is 0.126 e. The average Bonchev–Trinajstić information content (AvgIpc) is 2.63. The molecule has 1 atom stereocenters. The quantitative estimate of drug-likeness (QED) is 0.846. The maximum Gasteiger partial charge on any atom is 0.126 e. The highest BCUT2D eigenvalue weighted by Crippen LogP contribution is 2.34. The van der Waals surface area contributed by atoms with Crippen molar-refractivity contribution >= 4 is 16.8 Å². The molecule has 0 fully saturated rings. The van der Waals surface area contributed by atoms with E-state index in [0.717, 1.165) is 11.5 Å². The van der Waals surface area contributed by atoms with Gasteiger partial charge in [-0.15, -0.1) is 0 Å². The molecular formula is C12H16N2S. The summed E-state index contributed by atoms with van der Waals surface area (Å²) in [5.74, 6) is 0. The number of nitrogens with zero attached hydrogens (tertiary/aromatic N) is 1. The summed E-state index contributed by atoms with van der Waals surface area (Å²) in [7, 11) is 0. The summed E-state index contributed by atoms with van der Waals surface area (Å²) < 4.78 is 0. The zero-order valence-corrected chi connectivity index (χ0v) is 9.97. The van der Waals surface area contributed by atoms with E-state index >= 15 is 0 Å². The number of hydrogen-bond acceptors (Lipinski definition) is 3. The van der Waals surface area contributed by atoms with Gasteiger partial charge in [-0.3, -0.25) is 5.43 Å². The van der Waals surface area contributed by atoms with Crippen LogP contribution in [0, 0.1) is 0 Å². The van der Waals surface area contributed by atoms with E-state index in [9.17, 15) is 0 Å². The summed E-state index contributed by atoms with van der Waals surface area (Å²) in [6.07, 6.45) is 2.31. The molecule has 1 aromatic rings. The van der Waals surface area contributed by atoms with Crippen LogP contribution in [0.2, 0.25) is 0 Å². The molecule has 1 unspecified atom stereocenters. The number of rotatable bonds is 3. The van der Waals surface area contributed by atoms with Gasteiger partial charge in [0, 0.05) is 5.56 Å². The highest BCUT2D eigenvalue weighted by atomic mass is 32.2. The minimum atomic E-state index is 0.0833.